The molecule has 2 atom stereocenters. The van der Waals surface area contributed by atoms with Crippen LogP contribution in [-0.2, 0) is 0 Å². The minimum absolute atomic E-state index is 0.533. The summed E-state index contributed by atoms with van der Waals surface area (Å²) >= 11 is 0. The molecule has 2 heterocycles. The molecular formula is C15H21N3. The number of piperidine rings is 1. The van der Waals surface area contributed by atoms with E-state index in [0.29, 0.717) is 12.0 Å². The maximum Gasteiger partial charge on any atom is 0.0961 e. The van der Waals surface area contributed by atoms with E-state index in [1.165, 1.54) is 23.1 Å². The molecule has 1 aromatic carbocycles. The normalized spacial score (nSPS) is 24.6. The van der Waals surface area contributed by atoms with Crippen LogP contribution in [0.5, 0.6) is 0 Å². The number of fused-ring (bicyclic) bond motifs is 1. The third-order valence-corrected chi connectivity index (χ3v) is 4.33. The maximum atomic E-state index is 4.57. The summed E-state index contributed by atoms with van der Waals surface area (Å²) in [6.07, 6.45) is 3.26. The summed E-state index contributed by atoms with van der Waals surface area (Å²) in [5.74, 6) is 0.713. The van der Waals surface area contributed by atoms with Crippen molar-refractivity contribution in [2.75, 3.05) is 13.1 Å². The number of imidazole rings is 1. The molecule has 0 saturated carbocycles. The summed E-state index contributed by atoms with van der Waals surface area (Å²) in [6, 6.07) is 5.01. The highest BCUT2D eigenvalue weighted by Gasteiger charge is 2.23. The first-order chi connectivity index (χ1) is 8.66. The zero-order chi connectivity index (χ0) is 12.7. The van der Waals surface area contributed by atoms with Gasteiger partial charge in [0.05, 0.1) is 23.4 Å². The Hall–Kier alpha value is -1.35. The Morgan fingerprint density at radius 2 is 2.06 bits per heavy atom. The van der Waals surface area contributed by atoms with Crippen molar-refractivity contribution in [3.8, 4) is 0 Å². The monoisotopic (exact) mass is 243 g/mol. The largest absolute Gasteiger partial charge is 0.326 e. The van der Waals surface area contributed by atoms with Crippen LogP contribution in [0.15, 0.2) is 18.5 Å². The molecule has 0 radical (unpaired) electrons. The topological polar surface area (TPSA) is 29.9 Å². The molecule has 1 aromatic heterocycles. The molecule has 0 aliphatic carbocycles. The molecule has 96 valence electrons. The van der Waals surface area contributed by atoms with Crippen molar-refractivity contribution in [2.45, 2.75) is 33.2 Å². The second kappa shape index (κ2) is 4.39. The van der Waals surface area contributed by atoms with Gasteiger partial charge in [0.25, 0.3) is 0 Å². The van der Waals surface area contributed by atoms with Crippen LogP contribution >= 0.6 is 0 Å². The van der Waals surface area contributed by atoms with Crippen molar-refractivity contribution in [3.05, 3.63) is 29.6 Å². The van der Waals surface area contributed by atoms with E-state index in [1.807, 2.05) is 6.33 Å². The minimum atomic E-state index is 0.533. The standard InChI is InChI=1S/C15H21N3/c1-10-4-5-16-8-15(10)18-9-17-13-6-11(2)12(3)7-14(13)18/h6-7,9-10,15-16H,4-5,8H2,1-3H3. The maximum absolute atomic E-state index is 4.57. The van der Waals surface area contributed by atoms with E-state index in [4.69, 9.17) is 0 Å². The van der Waals surface area contributed by atoms with E-state index < -0.39 is 0 Å². The molecule has 0 bridgehead atoms. The molecule has 0 amide bonds. The van der Waals surface area contributed by atoms with Gasteiger partial charge in [-0.1, -0.05) is 6.92 Å². The number of hydrogen-bond donors (Lipinski definition) is 1. The first-order valence-corrected chi connectivity index (χ1v) is 6.81. The molecule has 2 aromatic rings. The molecule has 18 heavy (non-hydrogen) atoms. The van der Waals surface area contributed by atoms with Crippen LogP contribution in [0.1, 0.15) is 30.5 Å². The van der Waals surface area contributed by atoms with Gasteiger partial charge in [0.1, 0.15) is 0 Å². The summed E-state index contributed by atoms with van der Waals surface area (Å²) in [5.41, 5.74) is 5.07. The van der Waals surface area contributed by atoms with Crippen molar-refractivity contribution in [1.29, 1.82) is 0 Å². The van der Waals surface area contributed by atoms with Gasteiger partial charge in [0.15, 0.2) is 0 Å². The Morgan fingerprint density at radius 3 is 2.83 bits per heavy atom. The molecule has 1 fully saturated rings. The lowest BCUT2D eigenvalue weighted by Gasteiger charge is -2.31. The molecule has 1 N–H and O–H groups in total. The smallest absolute Gasteiger partial charge is 0.0961 e. The fraction of sp³-hybridized carbons (Fsp3) is 0.533. The number of nitrogens with one attached hydrogen (secondary N) is 1. The molecule has 0 spiro atoms. The molecule has 2 unspecified atom stereocenters. The van der Waals surface area contributed by atoms with Crippen LogP contribution < -0.4 is 5.32 Å². The van der Waals surface area contributed by atoms with E-state index >= 15 is 0 Å². The average Bonchev–Trinajstić information content (AvgIpc) is 2.73. The Balaban J connectivity index is 2.09. The van der Waals surface area contributed by atoms with Crippen LogP contribution in [-0.4, -0.2) is 22.6 Å². The van der Waals surface area contributed by atoms with Gasteiger partial charge in [0, 0.05) is 6.54 Å². The predicted molar refractivity (Wildman–Crippen MR) is 74.9 cm³/mol. The summed E-state index contributed by atoms with van der Waals surface area (Å²) in [5, 5.41) is 3.50. The molecular weight excluding hydrogens is 222 g/mol. The molecule has 1 aliphatic heterocycles. The lowest BCUT2D eigenvalue weighted by atomic mass is 9.94. The summed E-state index contributed by atoms with van der Waals surface area (Å²) < 4.78 is 2.36. The van der Waals surface area contributed by atoms with Crippen LogP contribution in [0, 0.1) is 19.8 Å². The van der Waals surface area contributed by atoms with Crippen LogP contribution in [0.25, 0.3) is 11.0 Å². The average molecular weight is 243 g/mol. The summed E-state index contributed by atoms with van der Waals surface area (Å²) in [7, 11) is 0. The van der Waals surface area contributed by atoms with Crippen molar-refractivity contribution in [3.63, 3.8) is 0 Å². The van der Waals surface area contributed by atoms with Crippen LogP contribution in [0.2, 0.25) is 0 Å². The Kier molecular flexibility index (Phi) is 2.86. The van der Waals surface area contributed by atoms with Crippen molar-refractivity contribution in [2.24, 2.45) is 5.92 Å². The van der Waals surface area contributed by atoms with Gasteiger partial charge in [-0.25, -0.2) is 4.98 Å². The number of rotatable bonds is 1. The summed E-state index contributed by atoms with van der Waals surface area (Å²) in [6.45, 7) is 8.87. The van der Waals surface area contributed by atoms with Gasteiger partial charge in [-0.3, -0.25) is 0 Å². The van der Waals surface area contributed by atoms with Gasteiger partial charge in [0.2, 0.25) is 0 Å². The Bertz CT molecular complexity index is 570. The van der Waals surface area contributed by atoms with Crippen LogP contribution in [0.4, 0.5) is 0 Å². The third-order valence-electron chi connectivity index (χ3n) is 4.33. The van der Waals surface area contributed by atoms with Gasteiger partial charge >= 0.3 is 0 Å². The first kappa shape index (κ1) is 11.7. The van der Waals surface area contributed by atoms with Crippen LogP contribution in [0.3, 0.4) is 0 Å². The SMILES string of the molecule is Cc1cc2ncn(C3CNCCC3C)c2cc1C. The Morgan fingerprint density at radius 1 is 1.28 bits per heavy atom. The fourth-order valence-electron chi connectivity index (χ4n) is 2.89. The lowest BCUT2D eigenvalue weighted by molar-refractivity contribution is 0.279. The fourth-order valence-corrected chi connectivity index (χ4v) is 2.89. The van der Waals surface area contributed by atoms with Gasteiger partial charge in [-0.2, -0.15) is 0 Å². The number of aryl methyl sites for hydroxylation is 2. The quantitative estimate of drug-likeness (QED) is 0.834. The van der Waals surface area contributed by atoms with Crippen molar-refractivity contribution < 1.29 is 0 Å². The zero-order valence-electron chi connectivity index (χ0n) is 11.4. The molecule has 1 aliphatic rings. The summed E-state index contributed by atoms with van der Waals surface area (Å²) in [4.78, 5) is 4.57. The van der Waals surface area contributed by atoms with E-state index in [-0.39, 0.29) is 0 Å². The second-order valence-corrected chi connectivity index (χ2v) is 5.61. The highest BCUT2D eigenvalue weighted by atomic mass is 15.1. The van der Waals surface area contributed by atoms with Gasteiger partial charge in [-0.15, -0.1) is 0 Å². The zero-order valence-corrected chi connectivity index (χ0v) is 11.4. The third kappa shape index (κ3) is 1.83. The highest BCUT2D eigenvalue weighted by Crippen LogP contribution is 2.28. The molecule has 1 saturated heterocycles. The predicted octanol–water partition coefficient (Wildman–Crippen LogP) is 2.82. The first-order valence-electron chi connectivity index (χ1n) is 6.81. The Labute approximate surface area is 108 Å². The molecule has 3 heteroatoms. The minimum Gasteiger partial charge on any atom is -0.326 e. The molecule has 3 nitrogen and oxygen atoms in total. The van der Waals surface area contributed by atoms with E-state index in [1.54, 1.807) is 0 Å². The van der Waals surface area contributed by atoms with E-state index in [2.05, 4.69) is 47.8 Å². The molecule has 3 rings (SSSR count). The van der Waals surface area contributed by atoms with Crippen molar-refractivity contribution in [1.82, 2.24) is 14.9 Å². The van der Waals surface area contributed by atoms with E-state index in [0.717, 1.165) is 18.6 Å². The number of aromatic nitrogens is 2. The second-order valence-electron chi connectivity index (χ2n) is 5.61. The van der Waals surface area contributed by atoms with Gasteiger partial charge < -0.3 is 9.88 Å². The number of nitrogens with zero attached hydrogens (tertiary/aromatic N) is 2. The van der Waals surface area contributed by atoms with Crippen molar-refractivity contribution >= 4 is 11.0 Å². The van der Waals surface area contributed by atoms with E-state index in [9.17, 15) is 0 Å². The lowest BCUT2D eigenvalue weighted by Crippen LogP contribution is -2.36. The number of benzene rings is 1. The van der Waals surface area contributed by atoms with Gasteiger partial charge in [-0.05, 0) is 56.0 Å². The number of hydrogen-bond acceptors (Lipinski definition) is 2. The highest BCUT2D eigenvalue weighted by molar-refractivity contribution is 5.77.